The van der Waals surface area contributed by atoms with Crippen LogP contribution in [-0.4, -0.2) is 51.7 Å². The first kappa shape index (κ1) is 14.7. The van der Waals surface area contributed by atoms with Gasteiger partial charge in [-0.25, -0.2) is 14.6 Å². The molecule has 3 saturated heterocycles. The van der Waals surface area contributed by atoms with Gasteiger partial charge in [0, 0.05) is 18.1 Å². The van der Waals surface area contributed by atoms with Crippen molar-refractivity contribution in [1.29, 1.82) is 0 Å². The number of rotatable bonds is 1. The number of aliphatic carboxylic acids is 2. The van der Waals surface area contributed by atoms with Crippen LogP contribution >= 0.6 is 11.3 Å². The van der Waals surface area contributed by atoms with Crippen LogP contribution in [0.5, 0.6) is 0 Å². The number of nitrogens with zero attached hydrogens (tertiary/aromatic N) is 2. The van der Waals surface area contributed by atoms with Gasteiger partial charge in [0.05, 0.1) is 0 Å². The smallest absolute Gasteiger partial charge is 0.414 e. The Hall–Kier alpha value is -1.73. The van der Waals surface area contributed by atoms with E-state index in [4.69, 9.17) is 19.8 Å². The summed E-state index contributed by atoms with van der Waals surface area (Å²) >= 11 is 1.74. The van der Waals surface area contributed by atoms with Crippen LogP contribution in [0.3, 0.4) is 0 Å². The molecule has 1 aromatic heterocycles. The van der Waals surface area contributed by atoms with Crippen molar-refractivity contribution in [3.05, 3.63) is 22.2 Å². The van der Waals surface area contributed by atoms with Gasteiger partial charge in [-0.15, -0.1) is 11.3 Å². The van der Waals surface area contributed by atoms with Gasteiger partial charge in [-0.05, 0) is 37.9 Å². The highest BCUT2D eigenvalue weighted by molar-refractivity contribution is 7.10. The number of thiazole rings is 1. The lowest BCUT2D eigenvalue weighted by molar-refractivity contribution is -0.159. The standard InChI is InChI=1S/C11H14N2S.C2H2O4/c1-4-13-5-2-9(1)10(8-13)7-11-12-3-6-14-11;3-1(4)2(5)6/h3,6-7,9H,1-2,4-5,8H2;(H,3,4)(H,5,6)/b10-7+;. The Balaban J connectivity index is 0.000000212. The minimum atomic E-state index is -1.82. The highest BCUT2D eigenvalue weighted by Crippen LogP contribution is 2.32. The van der Waals surface area contributed by atoms with Crippen molar-refractivity contribution in [3.63, 3.8) is 0 Å². The first-order valence-corrected chi connectivity index (χ1v) is 7.22. The van der Waals surface area contributed by atoms with Crippen LogP contribution in [0.15, 0.2) is 17.2 Å². The number of piperidine rings is 3. The molecule has 20 heavy (non-hydrogen) atoms. The maximum absolute atomic E-state index is 9.10. The zero-order valence-corrected chi connectivity index (χ0v) is 11.7. The molecule has 3 aliphatic rings. The molecule has 0 atom stereocenters. The van der Waals surface area contributed by atoms with Gasteiger partial charge in [0.2, 0.25) is 0 Å². The number of hydrogen-bond acceptors (Lipinski definition) is 5. The Morgan fingerprint density at radius 1 is 1.30 bits per heavy atom. The average molecular weight is 296 g/mol. The molecule has 0 aromatic carbocycles. The molecule has 0 spiro atoms. The molecular weight excluding hydrogens is 280 g/mol. The van der Waals surface area contributed by atoms with E-state index in [9.17, 15) is 0 Å². The van der Waals surface area contributed by atoms with E-state index in [0.29, 0.717) is 0 Å². The molecule has 4 rings (SSSR count). The summed E-state index contributed by atoms with van der Waals surface area (Å²) in [6.45, 7) is 3.80. The first-order chi connectivity index (χ1) is 9.56. The highest BCUT2D eigenvalue weighted by atomic mass is 32.1. The second-order valence-electron chi connectivity index (χ2n) is 4.75. The van der Waals surface area contributed by atoms with E-state index < -0.39 is 11.9 Å². The molecule has 1 aromatic rings. The molecule has 0 amide bonds. The molecule has 0 radical (unpaired) electrons. The van der Waals surface area contributed by atoms with Gasteiger partial charge < -0.3 is 10.2 Å². The summed E-state index contributed by atoms with van der Waals surface area (Å²) in [4.78, 5) is 25.1. The van der Waals surface area contributed by atoms with Gasteiger partial charge in [-0.2, -0.15) is 0 Å². The van der Waals surface area contributed by atoms with Gasteiger partial charge in [0.25, 0.3) is 0 Å². The van der Waals surface area contributed by atoms with Crippen molar-refractivity contribution >= 4 is 29.4 Å². The van der Waals surface area contributed by atoms with Crippen molar-refractivity contribution in [1.82, 2.24) is 9.88 Å². The lowest BCUT2D eigenvalue weighted by Gasteiger charge is -2.40. The van der Waals surface area contributed by atoms with Gasteiger partial charge >= 0.3 is 11.9 Å². The molecule has 0 unspecified atom stereocenters. The number of fused-ring (bicyclic) bond motifs is 3. The molecule has 3 fully saturated rings. The van der Waals surface area contributed by atoms with Crippen molar-refractivity contribution in [2.75, 3.05) is 19.6 Å². The summed E-state index contributed by atoms with van der Waals surface area (Å²) in [5.41, 5.74) is 1.61. The Kier molecular flexibility index (Phi) is 4.86. The lowest BCUT2D eigenvalue weighted by atomic mass is 9.84. The second kappa shape index (κ2) is 6.62. The van der Waals surface area contributed by atoms with Crippen LogP contribution in [0.4, 0.5) is 0 Å². The second-order valence-corrected chi connectivity index (χ2v) is 5.68. The lowest BCUT2D eigenvalue weighted by Crippen LogP contribution is -2.42. The number of carboxylic acid groups (broad SMARTS) is 2. The van der Waals surface area contributed by atoms with Gasteiger partial charge in [-0.3, -0.25) is 4.90 Å². The first-order valence-electron chi connectivity index (χ1n) is 6.35. The van der Waals surface area contributed by atoms with E-state index in [1.165, 1.54) is 37.5 Å². The minimum Gasteiger partial charge on any atom is -0.473 e. The molecule has 2 bridgehead atoms. The molecular formula is C13H16N2O4S. The highest BCUT2D eigenvalue weighted by Gasteiger charge is 2.29. The topological polar surface area (TPSA) is 90.7 Å². The molecule has 7 heteroatoms. The number of hydrogen-bond donors (Lipinski definition) is 2. The third-order valence-corrected chi connectivity index (χ3v) is 4.18. The molecule has 0 aliphatic carbocycles. The zero-order chi connectivity index (χ0) is 14.5. The average Bonchev–Trinajstić information content (AvgIpc) is 2.93. The van der Waals surface area contributed by atoms with Gasteiger partial charge in [0.15, 0.2) is 0 Å². The van der Waals surface area contributed by atoms with E-state index in [2.05, 4.69) is 16.0 Å². The maximum Gasteiger partial charge on any atom is 0.414 e. The number of aromatic nitrogens is 1. The van der Waals surface area contributed by atoms with Crippen LogP contribution in [0, 0.1) is 5.92 Å². The fourth-order valence-corrected chi connectivity index (χ4v) is 3.08. The summed E-state index contributed by atoms with van der Waals surface area (Å²) < 4.78 is 0. The van der Waals surface area contributed by atoms with Crippen molar-refractivity contribution in [2.24, 2.45) is 5.92 Å². The largest absolute Gasteiger partial charge is 0.473 e. The Bertz CT molecular complexity index is 492. The number of carboxylic acids is 2. The summed E-state index contributed by atoms with van der Waals surface area (Å²) in [6.07, 6.45) is 6.91. The maximum atomic E-state index is 9.10. The monoisotopic (exact) mass is 296 g/mol. The fourth-order valence-electron chi connectivity index (χ4n) is 2.48. The summed E-state index contributed by atoms with van der Waals surface area (Å²) in [6, 6.07) is 0. The van der Waals surface area contributed by atoms with E-state index in [1.54, 1.807) is 16.9 Å². The third-order valence-electron chi connectivity index (χ3n) is 3.46. The van der Waals surface area contributed by atoms with E-state index >= 15 is 0 Å². The molecule has 3 aliphatic heterocycles. The van der Waals surface area contributed by atoms with Crippen molar-refractivity contribution < 1.29 is 19.8 Å². The Morgan fingerprint density at radius 2 is 1.95 bits per heavy atom. The summed E-state index contributed by atoms with van der Waals surface area (Å²) in [7, 11) is 0. The predicted molar refractivity (Wildman–Crippen MR) is 74.5 cm³/mol. The summed E-state index contributed by atoms with van der Waals surface area (Å²) in [5, 5.41) is 18.0. The quantitative estimate of drug-likeness (QED) is 0.761. The normalized spacial score (nSPS) is 25.9. The van der Waals surface area contributed by atoms with Gasteiger partial charge in [-0.1, -0.05) is 5.57 Å². The van der Waals surface area contributed by atoms with Crippen LogP contribution in [0.2, 0.25) is 0 Å². The predicted octanol–water partition coefficient (Wildman–Crippen LogP) is 1.41. The zero-order valence-electron chi connectivity index (χ0n) is 10.9. The van der Waals surface area contributed by atoms with Crippen LogP contribution < -0.4 is 0 Å². The fraction of sp³-hybridized carbons (Fsp3) is 0.462. The number of carbonyl (C=O) groups is 2. The molecule has 108 valence electrons. The SMILES string of the molecule is C(=C1/CN2CCC1CC2)/c1nccs1.O=C(O)C(=O)O. The van der Waals surface area contributed by atoms with E-state index in [0.717, 1.165) is 5.92 Å². The molecule has 6 nitrogen and oxygen atoms in total. The van der Waals surface area contributed by atoms with Crippen LogP contribution in [0.1, 0.15) is 17.8 Å². The van der Waals surface area contributed by atoms with Crippen molar-refractivity contribution in [2.45, 2.75) is 12.8 Å². The summed E-state index contributed by atoms with van der Waals surface area (Å²) in [5.74, 6) is -2.80. The van der Waals surface area contributed by atoms with Crippen LogP contribution in [0.25, 0.3) is 6.08 Å². The van der Waals surface area contributed by atoms with E-state index in [1.807, 2.05) is 11.6 Å². The van der Waals surface area contributed by atoms with Gasteiger partial charge in [0.1, 0.15) is 5.01 Å². The van der Waals surface area contributed by atoms with Crippen molar-refractivity contribution in [3.8, 4) is 0 Å². The minimum absolute atomic E-state index is 0.851. The molecule has 0 saturated carbocycles. The van der Waals surface area contributed by atoms with Crippen LogP contribution in [-0.2, 0) is 9.59 Å². The van der Waals surface area contributed by atoms with E-state index in [-0.39, 0.29) is 0 Å². The Morgan fingerprint density at radius 3 is 2.35 bits per heavy atom. The third kappa shape index (κ3) is 3.88. The molecule has 2 N–H and O–H groups in total. The Labute approximate surface area is 120 Å². The molecule has 4 heterocycles.